The molecule has 1 aromatic heterocycles. The molecule has 2 rings (SSSR count). The molecule has 1 N–H and O–H groups in total. The predicted molar refractivity (Wildman–Crippen MR) is 76.6 cm³/mol. The van der Waals surface area contributed by atoms with Crippen molar-refractivity contribution in [1.82, 2.24) is 9.78 Å². The summed E-state index contributed by atoms with van der Waals surface area (Å²) >= 11 is 0. The summed E-state index contributed by atoms with van der Waals surface area (Å²) in [4.78, 5) is 12.3. The van der Waals surface area contributed by atoms with Gasteiger partial charge < -0.3 is 5.32 Å². The molecule has 1 amide bonds. The number of rotatable bonds is 2. The van der Waals surface area contributed by atoms with Gasteiger partial charge in [-0.05, 0) is 44.9 Å². The monoisotopic (exact) mass is 257 g/mol. The molecule has 1 aromatic carbocycles. The minimum absolute atomic E-state index is 0.127. The van der Waals surface area contributed by atoms with Gasteiger partial charge in [-0.1, -0.05) is 17.7 Å². The largest absolute Gasteiger partial charge is 0.320 e. The van der Waals surface area contributed by atoms with Crippen molar-refractivity contribution in [2.45, 2.75) is 27.7 Å². The third-order valence-electron chi connectivity index (χ3n) is 3.15. The highest BCUT2D eigenvalue weighted by Gasteiger charge is 2.14. The van der Waals surface area contributed by atoms with Gasteiger partial charge >= 0.3 is 0 Å². The Labute approximate surface area is 113 Å². The van der Waals surface area contributed by atoms with E-state index >= 15 is 0 Å². The number of amides is 1. The Hall–Kier alpha value is -2.10. The van der Waals surface area contributed by atoms with Crippen LogP contribution in [0, 0.1) is 27.7 Å². The van der Waals surface area contributed by atoms with E-state index in [1.165, 1.54) is 5.56 Å². The number of nitrogens with one attached hydrogen (secondary N) is 1. The zero-order chi connectivity index (χ0) is 14.2. The number of benzene rings is 1. The van der Waals surface area contributed by atoms with Gasteiger partial charge in [-0.25, -0.2) is 0 Å². The van der Waals surface area contributed by atoms with Crippen LogP contribution in [0.4, 0.5) is 5.69 Å². The Morgan fingerprint density at radius 2 is 1.68 bits per heavy atom. The van der Waals surface area contributed by atoms with Crippen LogP contribution in [0.2, 0.25) is 0 Å². The lowest BCUT2D eigenvalue weighted by atomic mass is 10.1. The van der Waals surface area contributed by atoms with Crippen LogP contribution in [0.15, 0.2) is 18.2 Å². The number of carbonyl (C=O) groups excluding carboxylic acids is 1. The molecule has 0 unspecified atom stereocenters. The lowest BCUT2D eigenvalue weighted by Crippen LogP contribution is -2.17. The van der Waals surface area contributed by atoms with E-state index in [9.17, 15) is 4.79 Å². The Morgan fingerprint density at radius 1 is 1.11 bits per heavy atom. The van der Waals surface area contributed by atoms with Crippen molar-refractivity contribution >= 4 is 11.6 Å². The van der Waals surface area contributed by atoms with Gasteiger partial charge in [-0.15, -0.1) is 0 Å². The van der Waals surface area contributed by atoms with Crippen LogP contribution in [-0.4, -0.2) is 15.7 Å². The summed E-state index contributed by atoms with van der Waals surface area (Å²) in [6.07, 6.45) is 0. The molecule has 2 aromatic rings. The third-order valence-corrected chi connectivity index (χ3v) is 3.15. The first kappa shape index (κ1) is 13.3. The van der Waals surface area contributed by atoms with Crippen molar-refractivity contribution in [3.63, 3.8) is 0 Å². The van der Waals surface area contributed by atoms with E-state index in [0.29, 0.717) is 5.69 Å². The van der Waals surface area contributed by atoms with Gasteiger partial charge in [0.25, 0.3) is 5.91 Å². The van der Waals surface area contributed by atoms with Crippen LogP contribution in [0.25, 0.3) is 0 Å². The van der Waals surface area contributed by atoms with Gasteiger partial charge in [0.05, 0.1) is 5.69 Å². The highest BCUT2D eigenvalue weighted by molar-refractivity contribution is 6.04. The standard InChI is InChI=1S/C15H19N3O/c1-9-6-10(2)14(11(3)7-9)16-15(19)13-8-12(4)17-18(13)5/h6-8H,1-5H3,(H,16,19). The second kappa shape index (κ2) is 4.88. The highest BCUT2D eigenvalue weighted by Crippen LogP contribution is 2.22. The summed E-state index contributed by atoms with van der Waals surface area (Å²) in [6, 6.07) is 5.92. The molecule has 0 fully saturated rings. The Bertz CT molecular complexity index is 618. The second-order valence-corrected chi connectivity index (χ2v) is 5.02. The summed E-state index contributed by atoms with van der Waals surface area (Å²) in [5.74, 6) is -0.127. The van der Waals surface area contributed by atoms with Crippen LogP contribution in [-0.2, 0) is 7.05 Å². The van der Waals surface area contributed by atoms with E-state index in [-0.39, 0.29) is 5.91 Å². The van der Waals surface area contributed by atoms with Crippen LogP contribution in [0.1, 0.15) is 32.9 Å². The quantitative estimate of drug-likeness (QED) is 0.899. The van der Waals surface area contributed by atoms with Gasteiger partial charge in [-0.3, -0.25) is 9.48 Å². The first-order valence-corrected chi connectivity index (χ1v) is 6.28. The zero-order valence-corrected chi connectivity index (χ0v) is 12.0. The fourth-order valence-electron chi connectivity index (χ4n) is 2.38. The van der Waals surface area contributed by atoms with Crippen LogP contribution >= 0.6 is 0 Å². The topological polar surface area (TPSA) is 46.9 Å². The van der Waals surface area contributed by atoms with Gasteiger partial charge in [0.1, 0.15) is 5.69 Å². The molecule has 0 saturated heterocycles. The lowest BCUT2D eigenvalue weighted by Gasteiger charge is -2.12. The average Bonchev–Trinajstić information content (AvgIpc) is 2.62. The van der Waals surface area contributed by atoms with Crippen molar-refractivity contribution in [1.29, 1.82) is 0 Å². The molecule has 0 aliphatic heterocycles. The lowest BCUT2D eigenvalue weighted by molar-refractivity contribution is 0.101. The first-order chi connectivity index (χ1) is 8.88. The minimum atomic E-state index is -0.127. The SMILES string of the molecule is Cc1cc(C)c(NC(=O)c2cc(C)nn2C)c(C)c1. The maximum atomic E-state index is 12.3. The number of hydrogen-bond acceptors (Lipinski definition) is 2. The van der Waals surface area contributed by atoms with Gasteiger partial charge in [0.2, 0.25) is 0 Å². The molecule has 0 bridgehead atoms. The van der Waals surface area contributed by atoms with Gasteiger partial charge in [-0.2, -0.15) is 5.10 Å². The number of anilines is 1. The summed E-state index contributed by atoms with van der Waals surface area (Å²) < 4.78 is 1.60. The van der Waals surface area contributed by atoms with Crippen molar-refractivity contribution in [3.05, 3.63) is 46.3 Å². The minimum Gasteiger partial charge on any atom is -0.320 e. The predicted octanol–water partition coefficient (Wildman–Crippen LogP) is 2.91. The molecule has 0 atom stereocenters. The maximum Gasteiger partial charge on any atom is 0.273 e. The number of aryl methyl sites for hydroxylation is 5. The molecule has 4 nitrogen and oxygen atoms in total. The fourth-order valence-corrected chi connectivity index (χ4v) is 2.38. The van der Waals surface area contributed by atoms with Crippen molar-refractivity contribution < 1.29 is 4.79 Å². The van der Waals surface area contributed by atoms with Gasteiger partial charge in [0, 0.05) is 12.7 Å². The first-order valence-electron chi connectivity index (χ1n) is 6.28. The van der Waals surface area contributed by atoms with Crippen molar-refractivity contribution in [3.8, 4) is 0 Å². The average molecular weight is 257 g/mol. The molecule has 0 radical (unpaired) electrons. The Kier molecular flexibility index (Phi) is 3.42. The number of carbonyl (C=O) groups is 1. The van der Waals surface area contributed by atoms with Crippen molar-refractivity contribution in [2.75, 3.05) is 5.32 Å². The van der Waals surface area contributed by atoms with E-state index in [4.69, 9.17) is 0 Å². The van der Waals surface area contributed by atoms with E-state index in [2.05, 4.69) is 29.5 Å². The Morgan fingerprint density at radius 3 is 2.16 bits per heavy atom. The van der Waals surface area contributed by atoms with E-state index < -0.39 is 0 Å². The highest BCUT2D eigenvalue weighted by atomic mass is 16.2. The van der Waals surface area contributed by atoms with Gasteiger partial charge in [0.15, 0.2) is 0 Å². The normalized spacial score (nSPS) is 10.6. The Balaban J connectivity index is 2.32. The molecule has 19 heavy (non-hydrogen) atoms. The number of aromatic nitrogens is 2. The number of nitrogens with zero attached hydrogens (tertiary/aromatic N) is 2. The summed E-state index contributed by atoms with van der Waals surface area (Å²) in [6.45, 7) is 7.93. The summed E-state index contributed by atoms with van der Waals surface area (Å²) in [7, 11) is 1.77. The van der Waals surface area contributed by atoms with Crippen LogP contribution in [0.5, 0.6) is 0 Å². The molecular formula is C15H19N3O. The molecule has 0 aliphatic rings. The number of hydrogen-bond donors (Lipinski definition) is 1. The molecule has 0 saturated carbocycles. The molecule has 1 heterocycles. The van der Waals surface area contributed by atoms with Crippen LogP contribution < -0.4 is 5.32 Å². The smallest absolute Gasteiger partial charge is 0.273 e. The van der Waals surface area contributed by atoms with E-state index in [1.807, 2.05) is 20.8 Å². The molecule has 4 heteroatoms. The zero-order valence-electron chi connectivity index (χ0n) is 12.0. The fraction of sp³-hybridized carbons (Fsp3) is 0.333. The summed E-state index contributed by atoms with van der Waals surface area (Å²) in [5.41, 5.74) is 5.63. The molecule has 100 valence electrons. The molecular weight excluding hydrogens is 238 g/mol. The molecule has 0 aliphatic carbocycles. The second-order valence-electron chi connectivity index (χ2n) is 5.02. The van der Waals surface area contributed by atoms with E-state index in [1.54, 1.807) is 17.8 Å². The summed E-state index contributed by atoms with van der Waals surface area (Å²) in [5, 5.41) is 7.16. The van der Waals surface area contributed by atoms with Crippen LogP contribution in [0.3, 0.4) is 0 Å². The van der Waals surface area contributed by atoms with Crippen molar-refractivity contribution in [2.24, 2.45) is 7.05 Å². The third kappa shape index (κ3) is 2.67. The maximum absolute atomic E-state index is 12.3. The molecule has 0 spiro atoms. The van der Waals surface area contributed by atoms with E-state index in [0.717, 1.165) is 22.5 Å².